The summed E-state index contributed by atoms with van der Waals surface area (Å²) in [6.45, 7) is 7.02. The van der Waals surface area contributed by atoms with Crippen molar-refractivity contribution in [1.82, 2.24) is 0 Å². The van der Waals surface area contributed by atoms with Crippen LogP contribution in [0.5, 0.6) is 0 Å². The minimum atomic E-state index is 0. The molecule has 0 radical (unpaired) electrons. The standard InChI is InChI=1S/C5H5.C4H9.3ClH.Ti/c1-2-4-5-3-1;1-4(2)3;;;;/h1-3H,4H2;1-3H3;3*1H;/q;;;;;+3/p-3. The van der Waals surface area contributed by atoms with Gasteiger partial charge in [-0.3, -0.25) is 0 Å². The molecule has 0 atom stereocenters. The predicted octanol–water partition coefficient (Wildman–Crippen LogP) is -5.86. The summed E-state index contributed by atoms with van der Waals surface area (Å²) in [6, 6.07) is 0. The number of hydrogen-bond acceptors (Lipinski definition) is 0. The minimum absolute atomic E-state index is 0. The molecule has 0 heterocycles. The molecular formula is C9H14Cl3Ti. The van der Waals surface area contributed by atoms with Crippen molar-refractivity contribution in [2.75, 3.05) is 0 Å². The predicted molar refractivity (Wildman–Crippen MR) is 41.6 cm³/mol. The summed E-state index contributed by atoms with van der Waals surface area (Å²) in [5.74, 6) is 0. The molecule has 0 aliphatic heterocycles. The number of halogens is 3. The van der Waals surface area contributed by atoms with Crippen molar-refractivity contribution < 1.29 is 56.4 Å². The van der Waals surface area contributed by atoms with E-state index in [2.05, 4.69) is 39.0 Å². The van der Waals surface area contributed by atoms with E-state index in [4.69, 9.17) is 0 Å². The van der Waals surface area contributed by atoms with Gasteiger partial charge in [0, 0.05) is 0 Å². The van der Waals surface area contributed by atoms with Crippen LogP contribution in [-0.4, -0.2) is 0 Å². The SMILES string of the molecule is C[C](C)(C)[Ti+3][C]1=CC=CC1.[Cl-].[Cl-].[Cl-]. The quantitative estimate of drug-likeness (QED) is 0.419. The van der Waals surface area contributed by atoms with Gasteiger partial charge >= 0.3 is 72.2 Å². The maximum absolute atomic E-state index is 2.34. The Labute approximate surface area is 109 Å². The van der Waals surface area contributed by atoms with Gasteiger partial charge in [-0.2, -0.15) is 0 Å². The fraction of sp³-hybridized carbons (Fsp3) is 0.556. The molecule has 0 nitrogen and oxygen atoms in total. The number of rotatable bonds is 1. The van der Waals surface area contributed by atoms with Gasteiger partial charge in [0.05, 0.1) is 0 Å². The summed E-state index contributed by atoms with van der Waals surface area (Å²) in [6.07, 6.45) is 7.97. The summed E-state index contributed by atoms with van der Waals surface area (Å²) >= 11 is 0.146. The van der Waals surface area contributed by atoms with Crippen molar-refractivity contribution in [2.45, 2.75) is 30.9 Å². The van der Waals surface area contributed by atoms with Crippen molar-refractivity contribution in [3.05, 3.63) is 22.1 Å². The van der Waals surface area contributed by atoms with Crippen molar-refractivity contribution in [3.63, 3.8) is 0 Å². The molecule has 0 aromatic carbocycles. The second-order valence-corrected chi connectivity index (χ2v) is 7.43. The molecule has 0 bridgehead atoms. The van der Waals surface area contributed by atoms with Crippen molar-refractivity contribution >= 4 is 0 Å². The van der Waals surface area contributed by atoms with E-state index in [-0.39, 0.29) is 56.4 Å². The Morgan fingerprint density at radius 2 is 1.69 bits per heavy atom. The molecule has 1 aliphatic carbocycles. The molecule has 0 unspecified atom stereocenters. The second-order valence-electron chi connectivity index (χ2n) is 3.70. The van der Waals surface area contributed by atoms with E-state index in [1.54, 1.807) is 3.88 Å². The molecule has 4 heteroatoms. The van der Waals surface area contributed by atoms with E-state index in [1.807, 2.05) is 0 Å². The van der Waals surface area contributed by atoms with Gasteiger partial charge in [-0.25, -0.2) is 0 Å². The Bertz CT molecular complexity index is 180. The summed E-state index contributed by atoms with van der Waals surface area (Å²) in [7, 11) is 0. The van der Waals surface area contributed by atoms with Crippen LogP contribution in [0.25, 0.3) is 0 Å². The number of hydrogen-bond donors (Lipinski definition) is 0. The Balaban J connectivity index is -0.000000333. The monoisotopic (exact) mass is 275 g/mol. The molecule has 0 aromatic rings. The Hall–Kier alpha value is 1.06. The van der Waals surface area contributed by atoms with Gasteiger partial charge < -0.3 is 37.2 Å². The van der Waals surface area contributed by atoms with Crippen LogP contribution in [-0.2, 0) is 19.2 Å². The molecule has 13 heavy (non-hydrogen) atoms. The van der Waals surface area contributed by atoms with E-state index in [0.29, 0.717) is 3.72 Å². The molecule has 75 valence electrons. The minimum Gasteiger partial charge on any atom is -1.00 e. The molecule has 0 fully saturated rings. The Kier molecular flexibility index (Phi) is 12.6. The molecule has 0 spiro atoms. The average molecular weight is 276 g/mol. The molecule has 0 saturated carbocycles. The first-order chi connectivity index (χ1) is 4.58. The van der Waals surface area contributed by atoms with Gasteiger partial charge in [-0.1, -0.05) is 0 Å². The zero-order valence-corrected chi connectivity index (χ0v) is 11.9. The summed E-state index contributed by atoms with van der Waals surface area (Å²) in [5.41, 5.74) is 0. The summed E-state index contributed by atoms with van der Waals surface area (Å²) in [5, 5.41) is 0. The smallest absolute Gasteiger partial charge is 1.00 e. The third-order valence-corrected chi connectivity index (χ3v) is 3.56. The normalized spacial score (nSPS) is 13.0. The van der Waals surface area contributed by atoms with E-state index in [1.165, 1.54) is 6.42 Å². The molecule has 1 aliphatic rings. The van der Waals surface area contributed by atoms with Gasteiger partial charge in [0.2, 0.25) is 0 Å². The molecular weight excluding hydrogens is 262 g/mol. The van der Waals surface area contributed by atoms with Crippen LogP contribution >= 0.6 is 0 Å². The van der Waals surface area contributed by atoms with Crippen LogP contribution in [0.2, 0.25) is 3.72 Å². The topological polar surface area (TPSA) is 0 Å². The molecule has 0 saturated heterocycles. The van der Waals surface area contributed by atoms with Crippen LogP contribution in [0.15, 0.2) is 22.1 Å². The zero-order valence-electron chi connectivity index (χ0n) is 8.07. The Morgan fingerprint density at radius 3 is 2.00 bits per heavy atom. The van der Waals surface area contributed by atoms with Crippen LogP contribution < -0.4 is 37.2 Å². The van der Waals surface area contributed by atoms with Gasteiger partial charge in [-0.05, 0) is 0 Å². The van der Waals surface area contributed by atoms with Crippen molar-refractivity contribution in [2.24, 2.45) is 0 Å². The average Bonchev–Trinajstić information content (AvgIpc) is 2.12. The van der Waals surface area contributed by atoms with Crippen molar-refractivity contribution in [1.29, 1.82) is 0 Å². The van der Waals surface area contributed by atoms with Crippen LogP contribution in [0.3, 0.4) is 0 Å². The fourth-order valence-corrected chi connectivity index (χ4v) is 3.15. The molecule has 0 aromatic heterocycles. The Morgan fingerprint density at radius 1 is 1.15 bits per heavy atom. The fourth-order valence-electron chi connectivity index (χ4n) is 1.02. The van der Waals surface area contributed by atoms with Gasteiger partial charge in [0.1, 0.15) is 0 Å². The van der Waals surface area contributed by atoms with E-state index < -0.39 is 0 Å². The molecule has 0 amide bonds. The third kappa shape index (κ3) is 9.37. The van der Waals surface area contributed by atoms with Gasteiger partial charge in [0.15, 0.2) is 0 Å². The molecule has 1 rings (SSSR count). The largest absolute Gasteiger partial charge is 1.00 e. The van der Waals surface area contributed by atoms with Gasteiger partial charge in [-0.15, -0.1) is 0 Å². The second kappa shape index (κ2) is 8.38. The maximum atomic E-state index is 2.34. The van der Waals surface area contributed by atoms with Crippen LogP contribution in [0, 0.1) is 0 Å². The van der Waals surface area contributed by atoms with E-state index >= 15 is 0 Å². The van der Waals surface area contributed by atoms with E-state index in [9.17, 15) is 0 Å². The van der Waals surface area contributed by atoms with Crippen LogP contribution in [0.1, 0.15) is 27.2 Å². The first kappa shape index (κ1) is 19.6. The first-order valence-electron chi connectivity index (χ1n) is 3.72. The molecule has 0 N–H and O–H groups in total. The summed E-state index contributed by atoms with van der Waals surface area (Å²) < 4.78 is 2.28. The van der Waals surface area contributed by atoms with Gasteiger partial charge in [0.25, 0.3) is 0 Å². The van der Waals surface area contributed by atoms with Crippen molar-refractivity contribution in [3.8, 4) is 0 Å². The first-order valence-corrected chi connectivity index (χ1v) is 5.28. The van der Waals surface area contributed by atoms with Crippen LogP contribution in [0.4, 0.5) is 0 Å². The van der Waals surface area contributed by atoms with E-state index in [0.717, 1.165) is 0 Å². The number of allylic oxidation sites excluding steroid dienone is 4. The third-order valence-electron chi connectivity index (χ3n) is 1.31. The summed E-state index contributed by atoms with van der Waals surface area (Å²) in [4.78, 5) is 0. The maximum Gasteiger partial charge on any atom is -1.00 e. The zero-order chi connectivity index (χ0) is 7.61.